The van der Waals surface area contributed by atoms with Crippen molar-refractivity contribution in [3.05, 3.63) is 0 Å². The summed E-state index contributed by atoms with van der Waals surface area (Å²) in [5.74, 6) is 0. The average Bonchev–Trinajstić information content (AvgIpc) is 1.65. The summed E-state index contributed by atoms with van der Waals surface area (Å²) in [6, 6.07) is 0. The number of hydrogen-bond acceptors (Lipinski definition) is 3. The van der Waals surface area contributed by atoms with Gasteiger partial charge in [-0.05, 0) is 6.92 Å². The molecule has 0 saturated heterocycles. The van der Waals surface area contributed by atoms with Gasteiger partial charge in [-0.15, -0.1) is 0 Å². The quantitative estimate of drug-likeness (QED) is 0.504. The van der Waals surface area contributed by atoms with Crippen LogP contribution in [0.3, 0.4) is 0 Å². The van der Waals surface area contributed by atoms with Gasteiger partial charge in [0.2, 0.25) is 0 Å². The Morgan fingerprint density at radius 3 is 2.12 bits per heavy atom. The van der Waals surface area contributed by atoms with Crippen LogP contribution in [0, 0.1) is 0 Å². The molecule has 50 valence electrons. The van der Waals surface area contributed by atoms with Crippen molar-refractivity contribution < 1.29 is 14.9 Å². The van der Waals surface area contributed by atoms with Crippen LogP contribution in [0.15, 0.2) is 0 Å². The Kier molecular flexibility index (Phi) is 3.77. The second kappa shape index (κ2) is 3.83. The molecule has 8 heavy (non-hydrogen) atoms. The summed E-state index contributed by atoms with van der Waals surface area (Å²) in [6.45, 7) is 1.60. The van der Waals surface area contributed by atoms with Gasteiger partial charge in [-0.25, -0.2) is 0 Å². The fourth-order valence-corrected chi connectivity index (χ4v) is 0.388. The topological polar surface area (TPSA) is 49.7 Å². The molecule has 0 amide bonds. The third-order valence-electron chi connectivity index (χ3n) is 0.815. The first kappa shape index (κ1) is 7.88. The van der Waals surface area contributed by atoms with Crippen molar-refractivity contribution in [3.8, 4) is 0 Å². The highest BCUT2D eigenvalue weighted by Gasteiger charge is 2.03. The summed E-state index contributed by atoms with van der Waals surface area (Å²) in [4.78, 5) is 0. The molecule has 3 heteroatoms. The highest BCUT2D eigenvalue weighted by atomic mass is 16.6. The number of ether oxygens (including phenoxy) is 1. The van der Waals surface area contributed by atoms with Gasteiger partial charge in [0.05, 0.1) is 6.10 Å². The number of methoxy groups -OCH3 is 1. The zero-order chi connectivity index (χ0) is 6.57. The van der Waals surface area contributed by atoms with E-state index in [0.29, 0.717) is 0 Å². The maximum absolute atomic E-state index is 8.65. The molecule has 0 bridgehead atoms. The van der Waals surface area contributed by atoms with E-state index < -0.39 is 12.4 Å². The third kappa shape index (κ3) is 4.05. The summed E-state index contributed by atoms with van der Waals surface area (Å²) < 4.78 is 4.46. The molecule has 0 aromatic carbocycles. The fraction of sp³-hybridized carbons (Fsp3) is 1.00. The van der Waals surface area contributed by atoms with Crippen molar-refractivity contribution in [1.29, 1.82) is 0 Å². The van der Waals surface area contributed by atoms with Crippen molar-refractivity contribution in [3.63, 3.8) is 0 Å². The van der Waals surface area contributed by atoms with Crippen LogP contribution in [-0.2, 0) is 4.74 Å². The normalized spacial score (nSPS) is 18.0. The molecule has 0 fully saturated rings. The van der Waals surface area contributed by atoms with Gasteiger partial charge >= 0.3 is 0 Å². The second-order valence-electron chi connectivity index (χ2n) is 1.78. The molecule has 0 aliphatic rings. The van der Waals surface area contributed by atoms with Gasteiger partial charge in [-0.3, -0.25) is 0 Å². The van der Waals surface area contributed by atoms with Crippen LogP contribution in [-0.4, -0.2) is 29.7 Å². The number of aliphatic hydroxyl groups excluding tert-OH is 2. The van der Waals surface area contributed by atoms with Crippen LogP contribution < -0.4 is 0 Å². The molecule has 0 aromatic rings. The SMILES string of the molecule is COC(O)CC(C)O. The number of hydrogen-bond donors (Lipinski definition) is 2. The molecule has 0 rings (SSSR count). The molecule has 0 radical (unpaired) electrons. The first-order chi connectivity index (χ1) is 3.66. The average molecular weight is 120 g/mol. The highest BCUT2D eigenvalue weighted by molar-refractivity contribution is 4.47. The molecule has 0 saturated carbocycles. The Balaban J connectivity index is 3.10. The maximum atomic E-state index is 8.65. The lowest BCUT2D eigenvalue weighted by Gasteiger charge is -2.08. The molecule has 2 unspecified atom stereocenters. The first-order valence-corrected chi connectivity index (χ1v) is 2.55. The second-order valence-corrected chi connectivity index (χ2v) is 1.78. The Labute approximate surface area is 48.9 Å². The molecule has 0 heterocycles. The maximum Gasteiger partial charge on any atom is 0.156 e. The van der Waals surface area contributed by atoms with Gasteiger partial charge in [0, 0.05) is 13.5 Å². The van der Waals surface area contributed by atoms with Crippen molar-refractivity contribution in [2.24, 2.45) is 0 Å². The van der Waals surface area contributed by atoms with Gasteiger partial charge in [-0.1, -0.05) is 0 Å². The number of rotatable bonds is 3. The molecule has 0 spiro atoms. The van der Waals surface area contributed by atoms with Crippen LogP contribution in [0.5, 0.6) is 0 Å². The minimum atomic E-state index is -0.824. The van der Waals surface area contributed by atoms with Gasteiger partial charge in [0.1, 0.15) is 0 Å². The lowest BCUT2D eigenvalue weighted by Crippen LogP contribution is -2.16. The van der Waals surface area contributed by atoms with Crippen molar-refractivity contribution >= 4 is 0 Å². The van der Waals surface area contributed by atoms with Crippen molar-refractivity contribution in [2.75, 3.05) is 7.11 Å². The van der Waals surface area contributed by atoms with E-state index in [4.69, 9.17) is 10.2 Å². The predicted molar refractivity (Wildman–Crippen MR) is 29.3 cm³/mol. The number of aliphatic hydroxyl groups is 2. The van der Waals surface area contributed by atoms with Crippen LogP contribution in [0.25, 0.3) is 0 Å². The molecule has 3 nitrogen and oxygen atoms in total. The molecule has 2 atom stereocenters. The Morgan fingerprint density at radius 2 is 2.00 bits per heavy atom. The summed E-state index contributed by atoms with van der Waals surface area (Å²) in [5.41, 5.74) is 0. The Bertz CT molecular complexity index is 53.6. The van der Waals surface area contributed by atoms with Crippen LogP contribution in [0.1, 0.15) is 13.3 Å². The molecule has 2 N–H and O–H groups in total. The molecular weight excluding hydrogens is 108 g/mol. The Morgan fingerprint density at radius 1 is 1.50 bits per heavy atom. The van der Waals surface area contributed by atoms with E-state index in [-0.39, 0.29) is 6.42 Å². The standard InChI is InChI=1S/C5H12O3/c1-4(6)3-5(7)8-2/h4-7H,3H2,1-2H3. The van der Waals surface area contributed by atoms with E-state index in [2.05, 4.69) is 4.74 Å². The van der Waals surface area contributed by atoms with E-state index in [0.717, 1.165) is 0 Å². The minimum Gasteiger partial charge on any atom is -0.393 e. The van der Waals surface area contributed by atoms with Crippen molar-refractivity contribution in [1.82, 2.24) is 0 Å². The van der Waals surface area contributed by atoms with E-state index in [1.165, 1.54) is 7.11 Å². The summed E-state index contributed by atoms with van der Waals surface area (Å²) in [7, 11) is 1.40. The molecule has 0 aliphatic heterocycles. The predicted octanol–water partition coefficient (Wildman–Crippen LogP) is -0.278. The summed E-state index contributed by atoms with van der Waals surface area (Å²) in [5, 5.41) is 17.3. The van der Waals surface area contributed by atoms with Crippen LogP contribution in [0.2, 0.25) is 0 Å². The lowest BCUT2D eigenvalue weighted by atomic mass is 10.3. The van der Waals surface area contributed by atoms with Crippen molar-refractivity contribution in [2.45, 2.75) is 25.7 Å². The molecule has 0 aliphatic carbocycles. The van der Waals surface area contributed by atoms with E-state index in [9.17, 15) is 0 Å². The van der Waals surface area contributed by atoms with E-state index in [1.54, 1.807) is 6.92 Å². The largest absolute Gasteiger partial charge is 0.393 e. The fourth-order valence-electron chi connectivity index (χ4n) is 0.388. The monoisotopic (exact) mass is 120 g/mol. The zero-order valence-corrected chi connectivity index (χ0v) is 5.16. The van der Waals surface area contributed by atoms with E-state index >= 15 is 0 Å². The van der Waals surface area contributed by atoms with Gasteiger partial charge in [0.25, 0.3) is 0 Å². The molecular formula is C5H12O3. The Hall–Kier alpha value is -0.120. The minimum absolute atomic E-state index is 0.274. The van der Waals surface area contributed by atoms with Crippen LogP contribution in [0.4, 0.5) is 0 Å². The highest BCUT2D eigenvalue weighted by Crippen LogP contribution is 1.95. The van der Waals surface area contributed by atoms with Crippen LogP contribution >= 0.6 is 0 Å². The third-order valence-corrected chi connectivity index (χ3v) is 0.815. The van der Waals surface area contributed by atoms with Gasteiger partial charge < -0.3 is 14.9 Å². The summed E-state index contributed by atoms with van der Waals surface area (Å²) in [6.07, 6.45) is -1.05. The molecule has 0 aromatic heterocycles. The van der Waals surface area contributed by atoms with E-state index in [1.807, 2.05) is 0 Å². The zero-order valence-electron chi connectivity index (χ0n) is 5.16. The van der Waals surface area contributed by atoms with Gasteiger partial charge in [-0.2, -0.15) is 0 Å². The lowest BCUT2D eigenvalue weighted by molar-refractivity contribution is -0.0953. The summed E-state index contributed by atoms with van der Waals surface area (Å²) >= 11 is 0. The smallest absolute Gasteiger partial charge is 0.156 e. The van der Waals surface area contributed by atoms with Gasteiger partial charge in [0.15, 0.2) is 6.29 Å². The first-order valence-electron chi connectivity index (χ1n) is 2.55.